The molecule has 0 amide bonds. The molecule has 65 heavy (non-hydrogen) atoms. The minimum absolute atomic E-state index is 0.0313. The highest BCUT2D eigenvalue weighted by molar-refractivity contribution is 6.74. The lowest BCUT2D eigenvalue weighted by Crippen LogP contribution is -2.41. The lowest BCUT2D eigenvalue weighted by molar-refractivity contribution is 0.290. The minimum Gasteiger partial charge on any atom is -0.508 e. The Morgan fingerprint density at radius 3 is 1.25 bits per heavy atom. The van der Waals surface area contributed by atoms with E-state index in [-0.39, 0.29) is 63.3 Å². The number of aliphatic hydroxyl groups is 1. The Kier molecular flexibility index (Phi) is 18.0. The van der Waals surface area contributed by atoms with Gasteiger partial charge in [0.25, 0.3) is 0 Å². The van der Waals surface area contributed by atoms with Crippen LogP contribution in [0.25, 0.3) is 44.5 Å². The zero-order valence-corrected chi connectivity index (χ0v) is 40.3. The van der Waals surface area contributed by atoms with Crippen LogP contribution in [0.2, 0.25) is 18.1 Å². The van der Waals surface area contributed by atoms with E-state index in [1.807, 2.05) is 36.4 Å². The summed E-state index contributed by atoms with van der Waals surface area (Å²) in [7, 11) is -1.90. The fraction of sp³-hybridized carbons (Fsp3) is 0.357. The topological polar surface area (TPSA) is 110 Å². The van der Waals surface area contributed by atoms with Crippen LogP contribution in [0.1, 0.15) is 95.4 Å². The van der Waals surface area contributed by atoms with Gasteiger partial charge in [0, 0.05) is 35.5 Å². The molecular formula is C56H68F2O6Si. The molecule has 0 spiro atoms. The standard InChI is InChI=1S/C31H41FO3Si.C25H27FO3/c1-7-8-9-10-22-11-13-23(14-12-22)24-15-16-26(28(32)19-24)27-21-29(33)25(20-30(27)34)17-18-35-36(5,6)31(2,3)4;1-2-3-4-5-17-6-8-18(9-7-17)19-10-11-21(23(26)14-19)22-16-24(28)20(12-13-27)15-25(22)29/h11-16,19-21,33-34H,7-10,17-18H2,1-6H3;6-11,14-16,27-29H,2-5,12-13H2,1H3. The molecule has 0 radical (unpaired) electrons. The van der Waals surface area contributed by atoms with E-state index in [0.29, 0.717) is 24.2 Å². The van der Waals surface area contributed by atoms with E-state index >= 15 is 4.39 Å². The van der Waals surface area contributed by atoms with Crippen molar-refractivity contribution < 1.29 is 38.7 Å². The first-order valence-corrected chi connectivity index (χ1v) is 26.0. The summed E-state index contributed by atoms with van der Waals surface area (Å²) >= 11 is 0. The van der Waals surface area contributed by atoms with Gasteiger partial charge < -0.3 is 30.0 Å². The van der Waals surface area contributed by atoms with Crippen molar-refractivity contribution in [1.29, 1.82) is 0 Å². The van der Waals surface area contributed by atoms with Crippen LogP contribution in [0.4, 0.5) is 8.78 Å². The van der Waals surface area contributed by atoms with E-state index in [0.717, 1.165) is 35.1 Å². The highest BCUT2D eigenvalue weighted by Crippen LogP contribution is 2.40. The molecule has 346 valence electrons. The van der Waals surface area contributed by atoms with Gasteiger partial charge in [-0.1, -0.05) is 133 Å². The van der Waals surface area contributed by atoms with E-state index in [2.05, 4.69) is 72.0 Å². The minimum atomic E-state index is -1.90. The Morgan fingerprint density at radius 1 is 0.477 bits per heavy atom. The molecule has 0 fully saturated rings. The van der Waals surface area contributed by atoms with Crippen molar-refractivity contribution in [3.05, 3.63) is 143 Å². The molecule has 0 atom stereocenters. The van der Waals surface area contributed by atoms with E-state index in [4.69, 9.17) is 9.53 Å². The average Bonchev–Trinajstić information content (AvgIpc) is 3.26. The van der Waals surface area contributed by atoms with Crippen molar-refractivity contribution >= 4 is 8.32 Å². The second-order valence-corrected chi connectivity index (χ2v) is 23.3. The second kappa shape index (κ2) is 23.1. The largest absolute Gasteiger partial charge is 0.508 e. The van der Waals surface area contributed by atoms with Crippen LogP contribution in [0.15, 0.2) is 109 Å². The highest BCUT2D eigenvalue weighted by atomic mass is 28.4. The predicted octanol–water partition coefficient (Wildman–Crippen LogP) is 14.7. The van der Waals surface area contributed by atoms with Crippen molar-refractivity contribution in [2.45, 2.75) is 117 Å². The van der Waals surface area contributed by atoms with Gasteiger partial charge in [0.2, 0.25) is 0 Å². The van der Waals surface area contributed by atoms with Crippen LogP contribution < -0.4 is 0 Å². The van der Waals surface area contributed by atoms with Gasteiger partial charge >= 0.3 is 0 Å². The van der Waals surface area contributed by atoms with Crippen LogP contribution in [-0.2, 0) is 30.1 Å². The van der Waals surface area contributed by atoms with Crippen molar-refractivity contribution in [1.82, 2.24) is 0 Å². The fourth-order valence-electron chi connectivity index (χ4n) is 7.54. The summed E-state index contributed by atoms with van der Waals surface area (Å²) in [4.78, 5) is 0. The maximum atomic E-state index is 15.2. The second-order valence-electron chi connectivity index (χ2n) is 18.5. The third-order valence-corrected chi connectivity index (χ3v) is 17.2. The first kappa shape index (κ1) is 50.5. The summed E-state index contributed by atoms with van der Waals surface area (Å²) in [6.07, 6.45) is 9.99. The van der Waals surface area contributed by atoms with Gasteiger partial charge in [-0.2, -0.15) is 0 Å². The van der Waals surface area contributed by atoms with Crippen LogP contribution in [0.3, 0.4) is 0 Å². The Bertz CT molecular complexity index is 2470. The number of phenolic OH excluding ortho intramolecular Hbond substituents is 4. The summed E-state index contributed by atoms with van der Waals surface area (Å²) in [5, 5.41) is 50.8. The number of aryl methyl sites for hydroxylation is 2. The molecular weight excluding hydrogens is 835 g/mol. The van der Waals surface area contributed by atoms with Crippen molar-refractivity contribution in [3.8, 4) is 67.5 Å². The van der Waals surface area contributed by atoms with Crippen LogP contribution in [0, 0.1) is 11.6 Å². The summed E-state index contributed by atoms with van der Waals surface area (Å²) in [5.41, 5.74) is 7.96. The molecule has 5 N–H and O–H groups in total. The van der Waals surface area contributed by atoms with Crippen molar-refractivity contribution in [2.75, 3.05) is 13.2 Å². The molecule has 6 rings (SSSR count). The first-order valence-electron chi connectivity index (χ1n) is 23.1. The number of halogens is 2. The molecule has 0 aromatic heterocycles. The Morgan fingerprint density at radius 2 is 0.877 bits per heavy atom. The van der Waals surface area contributed by atoms with Gasteiger partial charge in [0.1, 0.15) is 34.6 Å². The molecule has 0 saturated heterocycles. The number of unbranched alkanes of at least 4 members (excludes halogenated alkanes) is 4. The van der Waals surface area contributed by atoms with Gasteiger partial charge in [-0.3, -0.25) is 0 Å². The molecule has 0 heterocycles. The number of aromatic hydroxyl groups is 4. The Balaban J connectivity index is 0.000000250. The number of rotatable bonds is 18. The summed E-state index contributed by atoms with van der Waals surface area (Å²) in [5.74, 6) is -1.15. The zero-order valence-electron chi connectivity index (χ0n) is 39.3. The predicted molar refractivity (Wildman–Crippen MR) is 265 cm³/mol. The lowest BCUT2D eigenvalue weighted by atomic mass is 9.96. The molecule has 0 aliphatic heterocycles. The molecule has 0 unspecified atom stereocenters. The summed E-state index contributed by atoms with van der Waals surface area (Å²) < 4.78 is 36.2. The molecule has 6 nitrogen and oxygen atoms in total. The smallest absolute Gasteiger partial charge is 0.191 e. The molecule has 0 aliphatic carbocycles. The van der Waals surface area contributed by atoms with Gasteiger partial charge in [-0.05, 0) is 138 Å². The fourth-order valence-corrected chi connectivity index (χ4v) is 8.58. The van der Waals surface area contributed by atoms with Gasteiger partial charge in [-0.15, -0.1) is 0 Å². The molecule has 0 bridgehead atoms. The number of hydrogen-bond donors (Lipinski definition) is 5. The van der Waals surface area contributed by atoms with E-state index in [1.165, 1.54) is 86.1 Å². The Hall–Kier alpha value is -5.48. The van der Waals surface area contributed by atoms with E-state index < -0.39 is 20.0 Å². The SMILES string of the molecule is CCCCCc1ccc(-c2ccc(-c3cc(O)c(CCO)cc3O)c(F)c2)cc1.CCCCCc1ccc(-c2ccc(-c3cc(O)c(CCO[Si](C)(C)C(C)(C)C)cc3O)c(F)c2)cc1. The summed E-state index contributed by atoms with van der Waals surface area (Å²) in [6.45, 7) is 15.6. The van der Waals surface area contributed by atoms with Crippen molar-refractivity contribution in [2.24, 2.45) is 0 Å². The maximum Gasteiger partial charge on any atom is 0.191 e. The van der Waals surface area contributed by atoms with E-state index in [9.17, 15) is 24.8 Å². The van der Waals surface area contributed by atoms with Crippen LogP contribution in [-0.4, -0.2) is 47.1 Å². The van der Waals surface area contributed by atoms with Crippen molar-refractivity contribution in [3.63, 3.8) is 0 Å². The van der Waals surface area contributed by atoms with Crippen LogP contribution >= 0.6 is 0 Å². The normalized spacial score (nSPS) is 11.7. The summed E-state index contributed by atoms with van der Waals surface area (Å²) in [6, 6.07) is 32.0. The van der Waals surface area contributed by atoms with Gasteiger partial charge in [-0.25, -0.2) is 8.78 Å². The number of benzene rings is 6. The monoisotopic (exact) mass is 902 g/mol. The molecule has 6 aromatic carbocycles. The highest BCUT2D eigenvalue weighted by Gasteiger charge is 2.37. The lowest BCUT2D eigenvalue weighted by Gasteiger charge is -2.36. The number of hydrogen-bond acceptors (Lipinski definition) is 6. The average molecular weight is 903 g/mol. The number of aliphatic hydroxyl groups excluding tert-OH is 1. The molecule has 9 heteroatoms. The third-order valence-electron chi connectivity index (χ3n) is 12.6. The van der Waals surface area contributed by atoms with Gasteiger partial charge in [0.15, 0.2) is 8.32 Å². The molecule has 0 aliphatic rings. The zero-order chi connectivity index (χ0) is 47.3. The van der Waals surface area contributed by atoms with Crippen LogP contribution in [0.5, 0.6) is 23.0 Å². The Labute approximate surface area is 386 Å². The first-order chi connectivity index (χ1) is 31.0. The number of phenols is 4. The molecule has 0 saturated carbocycles. The quantitative estimate of drug-likeness (QED) is 0.0334. The van der Waals surface area contributed by atoms with Gasteiger partial charge in [0.05, 0.1) is 0 Å². The third kappa shape index (κ3) is 13.5. The van der Waals surface area contributed by atoms with E-state index in [1.54, 1.807) is 12.1 Å². The maximum absolute atomic E-state index is 15.2. The molecule has 6 aromatic rings.